The summed E-state index contributed by atoms with van der Waals surface area (Å²) in [6.07, 6.45) is 1.71. The van der Waals surface area contributed by atoms with Crippen molar-refractivity contribution in [3.05, 3.63) is 72.3 Å². The van der Waals surface area contributed by atoms with Gasteiger partial charge in [0.2, 0.25) is 10.0 Å². The molecule has 1 saturated heterocycles. The maximum absolute atomic E-state index is 12.7. The summed E-state index contributed by atoms with van der Waals surface area (Å²) in [5.74, 6) is -0.336. The summed E-state index contributed by atoms with van der Waals surface area (Å²) >= 11 is 0. The number of amides is 1. The average Bonchev–Trinajstić information content (AvgIpc) is 3.45. The highest BCUT2D eigenvalue weighted by atomic mass is 32.2. The number of para-hydroxylation sites is 1. The Morgan fingerprint density at radius 3 is 2.53 bits per heavy atom. The number of furan rings is 1. The number of ether oxygens (including phenoxy) is 1. The van der Waals surface area contributed by atoms with Gasteiger partial charge >= 0.3 is 0 Å². The highest BCUT2D eigenvalue weighted by molar-refractivity contribution is 7.89. The lowest BCUT2D eigenvalue weighted by molar-refractivity contribution is 0.102. The fraction of sp³-hybridized carbons (Fsp3) is 0.208. The SMILES string of the molecule is O=C(Nc1ccc2c(c1)oc1ccccc12)c1ccc(S(=O)(=O)NCC2CCCO2)cc1. The van der Waals surface area contributed by atoms with Crippen LogP contribution in [0.4, 0.5) is 5.69 Å². The zero-order valence-electron chi connectivity index (χ0n) is 17.2. The Morgan fingerprint density at radius 1 is 0.969 bits per heavy atom. The summed E-state index contributed by atoms with van der Waals surface area (Å²) in [5, 5.41) is 4.83. The van der Waals surface area contributed by atoms with E-state index in [0.29, 0.717) is 23.4 Å². The average molecular weight is 451 g/mol. The quantitative estimate of drug-likeness (QED) is 0.457. The van der Waals surface area contributed by atoms with Crippen LogP contribution in [0.2, 0.25) is 0 Å². The molecule has 1 unspecified atom stereocenters. The first kappa shape index (κ1) is 20.7. The van der Waals surface area contributed by atoms with Crippen molar-refractivity contribution in [2.24, 2.45) is 0 Å². The molecule has 0 bridgehead atoms. The van der Waals surface area contributed by atoms with Crippen LogP contribution >= 0.6 is 0 Å². The van der Waals surface area contributed by atoms with E-state index in [1.165, 1.54) is 24.3 Å². The van der Waals surface area contributed by atoms with Crippen molar-refractivity contribution in [2.75, 3.05) is 18.5 Å². The zero-order valence-corrected chi connectivity index (χ0v) is 18.0. The lowest BCUT2D eigenvalue weighted by Crippen LogP contribution is -2.31. The van der Waals surface area contributed by atoms with Crippen LogP contribution in [0.25, 0.3) is 21.9 Å². The minimum atomic E-state index is -3.66. The Kier molecular flexibility index (Phi) is 5.42. The van der Waals surface area contributed by atoms with Crippen LogP contribution in [-0.2, 0) is 14.8 Å². The molecule has 0 spiro atoms. The molecule has 1 aliphatic rings. The van der Waals surface area contributed by atoms with Gasteiger partial charge in [0.1, 0.15) is 11.2 Å². The van der Waals surface area contributed by atoms with Gasteiger partial charge in [0.05, 0.1) is 11.0 Å². The number of hydrogen-bond donors (Lipinski definition) is 2. The number of hydrogen-bond acceptors (Lipinski definition) is 5. The molecular weight excluding hydrogens is 428 g/mol. The van der Waals surface area contributed by atoms with Crippen molar-refractivity contribution >= 4 is 43.6 Å². The minimum absolute atomic E-state index is 0.0843. The molecule has 0 aliphatic carbocycles. The molecule has 0 saturated carbocycles. The number of sulfonamides is 1. The van der Waals surface area contributed by atoms with Crippen LogP contribution < -0.4 is 10.0 Å². The second kappa shape index (κ2) is 8.38. The predicted molar refractivity (Wildman–Crippen MR) is 122 cm³/mol. The Hall–Kier alpha value is -3.20. The molecule has 3 aromatic carbocycles. The highest BCUT2D eigenvalue weighted by Crippen LogP contribution is 2.30. The van der Waals surface area contributed by atoms with Crippen molar-refractivity contribution < 1.29 is 22.4 Å². The van der Waals surface area contributed by atoms with Gasteiger partial charge in [-0.3, -0.25) is 4.79 Å². The lowest BCUT2D eigenvalue weighted by atomic mass is 10.1. The first-order valence-corrected chi connectivity index (χ1v) is 11.9. The molecule has 2 heterocycles. The van der Waals surface area contributed by atoms with Crippen LogP contribution in [0.15, 0.2) is 76.0 Å². The normalized spacial score (nSPS) is 16.6. The Labute approximate surface area is 185 Å². The third kappa shape index (κ3) is 4.12. The van der Waals surface area contributed by atoms with Crippen molar-refractivity contribution in [2.45, 2.75) is 23.8 Å². The second-order valence-corrected chi connectivity index (χ2v) is 9.54. The number of rotatable bonds is 6. The fourth-order valence-electron chi connectivity index (χ4n) is 3.88. The third-order valence-electron chi connectivity index (χ3n) is 5.59. The molecule has 1 aromatic heterocycles. The molecule has 4 aromatic rings. The van der Waals surface area contributed by atoms with Gasteiger partial charge in [-0.05, 0) is 55.3 Å². The number of carbonyl (C=O) groups excluding carboxylic acids is 1. The van der Waals surface area contributed by atoms with Gasteiger partial charge < -0.3 is 14.5 Å². The summed E-state index contributed by atoms with van der Waals surface area (Å²) in [6.45, 7) is 0.911. The van der Waals surface area contributed by atoms with Crippen LogP contribution in [0.5, 0.6) is 0 Å². The van der Waals surface area contributed by atoms with Gasteiger partial charge in [-0.25, -0.2) is 13.1 Å². The summed E-state index contributed by atoms with van der Waals surface area (Å²) in [7, 11) is -3.66. The summed E-state index contributed by atoms with van der Waals surface area (Å²) in [4.78, 5) is 12.8. The fourth-order valence-corrected chi connectivity index (χ4v) is 4.95. The van der Waals surface area contributed by atoms with E-state index in [-0.39, 0.29) is 23.5 Å². The molecule has 0 radical (unpaired) electrons. The van der Waals surface area contributed by atoms with Crippen LogP contribution in [-0.4, -0.2) is 33.6 Å². The summed E-state index contributed by atoms with van der Waals surface area (Å²) in [6, 6.07) is 19.1. The number of benzene rings is 3. The molecule has 2 N–H and O–H groups in total. The molecule has 1 atom stereocenters. The van der Waals surface area contributed by atoms with E-state index >= 15 is 0 Å². The zero-order chi connectivity index (χ0) is 22.1. The van der Waals surface area contributed by atoms with Crippen molar-refractivity contribution in [3.63, 3.8) is 0 Å². The minimum Gasteiger partial charge on any atom is -0.456 e. The third-order valence-corrected chi connectivity index (χ3v) is 7.03. The van der Waals surface area contributed by atoms with E-state index in [1.54, 1.807) is 6.07 Å². The van der Waals surface area contributed by atoms with E-state index in [4.69, 9.17) is 9.15 Å². The Balaban J connectivity index is 1.28. The van der Waals surface area contributed by atoms with Gasteiger partial charge in [-0.2, -0.15) is 0 Å². The van der Waals surface area contributed by atoms with E-state index in [9.17, 15) is 13.2 Å². The lowest BCUT2D eigenvalue weighted by Gasteiger charge is -2.12. The summed E-state index contributed by atoms with van der Waals surface area (Å²) < 4.78 is 38.8. The van der Waals surface area contributed by atoms with Crippen molar-refractivity contribution in [1.82, 2.24) is 4.72 Å². The van der Waals surface area contributed by atoms with Gasteiger partial charge in [0.15, 0.2) is 0 Å². The van der Waals surface area contributed by atoms with Gasteiger partial charge in [0.25, 0.3) is 5.91 Å². The van der Waals surface area contributed by atoms with E-state index < -0.39 is 10.0 Å². The van der Waals surface area contributed by atoms with E-state index in [0.717, 1.165) is 29.2 Å². The van der Waals surface area contributed by atoms with Crippen molar-refractivity contribution in [1.29, 1.82) is 0 Å². The molecular formula is C24H22N2O5S. The molecule has 1 fully saturated rings. The summed E-state index contributed by atoms with van der Waals surface area (Å²) in [5.41, 5.74) is 2.42. The number of fused-ring (bicyclic) bond motifs is 3. The Bertz CT molecular complexity index is 1390. The molecule has 164 valence electrons. The number of carbonyl (C=O) groups is 1. The predicted octanol–water partition coefficient (Wildman–Crippen LogP) is 4.30. The molecule has 5 rings (SSSR count). The molecule has 7 nitrogen and oxygen atoms in total. The van der Waals surface area contributed by atoms with E-state index in [2.05, 4.69) is 10.0 Å². The highest BCUT2D eigenvalue weighted by Gasteiger charge is 2.20. The molecule has 32 heavy (non-hydrogen) atoms. The molecule has 1 aliphatic heterocycles. The second-order valence-electron chi connectivity index (χ2n) is 7.77. The largest absolute Gasteiger partial charge is 0.456 e. The molecule has 1 amide bonds. The van der Waals surface area contributed by atoms with Gasteiger partial charge in [-0.15, -0.1) is 0 Å². The van der Waals surface area contributed by atoms with Gasteiger partial charge in [0, 0.05) is 41.2 Å². The van der Waals surface area contributed by atoms with Gasteiger partial charge in [-0.1, -0.05) is 18.2 Å². The number of nitrogens with one attached hydrogen (secondary N) is 2. The Morgan fingerprint density at radius 2 is 1.75 bits per heavy atom. The maximum Gasteiger partial charge on any atom is 0.255 e. The van der Waals surface area contributed by atoms with Crippen LogP contribution in [0.1, 0.15) is 23.2 Å². The van der Waals surface area contributed by atoms with Crippen LogP contribution in [0, 0.1) is 0 Å². The topological polar surface area (TPSA) is 97.6 Å². The maximum atomic E-state index is 12.7. The molecule has 8 heteroatoms. The first-order valence-electron chi connectivity index (χ1n) is 10.4. The standard InChI is InChI=1S/C24H22N2O5S/c27-24(26-17-9-12-21-20-5-1-2-6-22(20)31-23(21)14-17)16-7-10-19(11-8-16)32(28,29)25-15-18-4-3-13-30-18/h1-2,5-12,14,18,25H,3-4,13,15H2,(H,26,27). The monoisotopic (exact) mass is 450 g/mol. The van der Waals surface area contributed by atoms with E-state index in [1.807, 2.05) is 36.4 Å². The first-order chi connectivity index (χ1) is 15.5. The smallest absolute Gasteiger partial charge is 0.255 e. The number of anilines is 1. The van der Waals surface area contributed by atoms with Crippen molar-refractivity contribution in [3.8, 4) is 0 Å². The van der Waals surface area contributed by atoms with Crippen LogP contribution in [0.3, 0.4) is 0 Å².